The molecule has 0 aliphatic heterocycles. The number of rotatable bonds is 1. The van der Waals surface area contributed by atoms with Gasteiger partial charge >= 0.3 is 0 Å². The lowest BCUT2D eigenvalue weighted by atomic mass is 10.4. The Morgan fingerprint density at radius 3 is 2.64 bits per heavy atom. The average molecular weight is 159 g/mol. The van der Waals surface area contributed by atoms with E-state index in [1.807, 2.05) is 0 Å². The maximum Gasteiger partial charge on any atom is 0.283 e. The van der Waals surface area contributed by atoms with Crippen LogP contribution in [-0.4, -0.2) is 9.97 Å². The van der Waals surface area contributed by atoms with Crippen molar-refractivity contribution in [1.82, 2.24) is 9.97 Å². The summed E-state index contributed by atoms with van der Waals surface area (Å²) in [5.41, 5.74) is 5.25. The molecule has 0 saturated heterocycles. The van der Waals surface area contributed by atoms with E-state index in [0.717, 1.165) is 0 Å². The van der Waals surface area contributed by atoms with Gasteiger partial charge in [0.2, 0.25) is 0 Å². The highest BCUT2D eigenvalue weighted by Crippen LogP contribution is 2.20. The minimum Gasteiger partial charge on any atom is -0.382 e. The second kappa shape index (κ2) is 2.77. The van der Waals surface area contributed by atoms with Crippen LogP contribution in [0, 0.1) is 6.92 Å². The van der Waals surface area contributed by atoms with Crippen LogP contribution in [0.5, 0.6) is 0 Å². The topological polar surface area (TPSA) is 51.8 Å². The summed E-state index contributed by atoms with van der Waals surface area (Å²) >= 11 is 0. The molecule has 0 radical (unpaired) electrons. The monoisotopic (exact) mass is 159 g/mol. The Labute approximate surface area is 62.3 Å². The smallest absolute Gasteiger partial charge is 0.283 e. The highest BCUT2D eigenvalue weighted by atomic mass is 19.3. The van der Waals surface area contributed by atoms with Crippen molar-refractivity contribution in [3.05, 3.63) is 17.6 Å². The van der Waals surface area contributed by atoms with Gasteiger partial charge in [-0.2, -0.15) is 0 Å². The normalized spacial score (nSPS) is 10.5. The molecule has 1 aromatic heterocycles. The Morgan fingerprint density at radius 2 is 2.18 bits per heavy atom. The van der Waals surface area contributed by atoms with Gasteiger partial charge in [0.25, 0.3) is 6.43 Å². The van der Waals surface area contributed by atoms with Gasteiger partial charge in [0.15, 0.2) is 5.82 Å². The largest absolute Gasteiger partial charge is 0.382 e. The second-order valence-electron chi connectivity index (χ2n) is 2.08. The minimum absolute atomic E-state index is 0.194. The number of hydrogen-bond donors (Lipinski definition) is 1. The van der Waals surface area contributed by atoms with E-state index in [1.165, 1.54) is 6.20 Å². The van der Waals surface area contributed by atoms with E-state index in [-0.39, 0.29) is 5.82 Å². The van der Waals surface area contributed by atoms with Gasteiger partial charge in [0.1, 0.15) is 5.69 Å². The maximum absolute atomic E-state index is 12.0. The van der Waals surface area contributed by atoms with Crippen molar-refractivity contribution < 1.29 is 8.78 Å². The zero-order valence-electron chi connectivity index (χ0n) is 5.88. The molecule has 3 nitrogen and oxygen atoms in total. The van der Waals surface area contributed by atoms with Gasteiger partial charge in [-0.05, 0) is 6.92 Å². The lowest BCUT2D eigenvalue weighted by Gasteiger charge is -2.01. The molecule has 0 aliphatic carbocycles. The van der Waals surface area contributed by atoms with Gasteiger partial charge in [-0.1, -0.05) is 0 Å². The first kappa shape index (κ1) is 7.84. The lowest BCUT2D eigenvalue weighted by molar-refractivity contribution is 0.146. The van der Waals surface area contributed by atoms with E-state index in [2.05, 4.69) is 9.97 Å². The number of nitrogen functional groups attached to an aromatic ring is 1. The maximum atomic E-state index is 12.0. The van der Waals surface area contributed by atoms with Gasteiger partial charge in [-0.15, -0.1) is 0 Å². The van der Waals surface area contributed by atoms with Crippen LogP contribution < -0.4 is 5.73 Å². The summed E-state index contributed by atoms with van der Waals surface area (Å²) < 4.78 is 24.0. The van der Waals surface area contributed by atoms with Crippen molar-refractivity contribution in [2.45, 2.75) is 13.3 Å². The van der Waals surface area contributed by atoms with E-state index in [0.29, 0.717) is 5.69 Å². The third-order valence-electron chi connectivity index (χ3n) is 1.16. The fraction of sp³-hybridized carbons (Fsp3) is 0.333. The average Bonchev–Trinajstić information content (AvgIpc) is 1.85. The van der Waals surface area contributed by atoms with Crippen LogP contribution in [0.4, 0.5) is 14.6 Å². The van der Waals surface area contributed by atoms with Crippen LogP contribution in [0.25, 0.3) is 0 Å². The fourth-order valence-corrected chi connectivity index (χ4v) is 0.673. The summed E-state index contributed by atoms with van der Waals surface area (Å²) in [6.45, 7) is 1.64. The molecular weight excluding hydrogens is 152 g/mol. The van der Waals surface area contributed by atoms with Crippen LogP contribution >= 0.6 is 0 Å². The molecule has 0 saturated carbocycles. The third-order valence-corrected chi connectivity index (χ3v) is 1.16. The molecule has 0 spiro atoms. The van der Waals surface area contributed by atoms with E-state index < -0.39 is 12.1 Å². The Bertz CT molecular complexity index is 262. The van der Waals surface area contributed by atoms with Crippen LogP contribution in [0.2, 0.25) is 0 Å². The molecule has 60 valence electrons. The summed E-state index contributed by atoms with van der Waals surface area (Å²) in [5, 5.41) is 0. The summed E-state index contributed by atoms with van der Waals surface area (Å²) in [4.78, 5) is 7.07. The van der Waals surface area contributed by atoms with Crippen molar-refractivity contribution in [1.29, 1.82) is 0 Å². The highest BCUT2D eigenvalue weighted by molar-refractivity contribution is 5.35. The van der Waals surface area contributed by atoms with Crippen molar-refractivity contribution in [2.24, 2.45) is 0 Å². The van der Waals surface area contributed by atoms with Crippen LogP contribution in [0.3, 0.4) is 0 Å². The molecule has 1 heterocycles. The second-order valence-corrected chi connectivity index (χ2v) is 2.08. The number of alkyl halides is 2. The predicted molar refractivity (Wildman–Crippen MR) is 36.1 cm³/mol. The van der Waals surface area contributed by atoms with Gasteiger partial charge in [0, 0.05) is 6.20 Å². The molecule has 5 heteroatoms. The molecule has 2 N–H and O–H groups in total. The Morgan fingerprint density at radius 1 is 1.55 bits per heavy atom. The molecule has 0 bridgehead atoms. The number of anilines is 1. The molecule has 1 aromatic rings. The molecule has 11 heavy (non-hydrogen) atoms. The van der Waals surface area contributed by atoms with Gasteiger partial charge < -0.3 is 5.73 Å². The first-order chi connectivity index (χ1) is 5.11. The van der Waals surface area contributed by atoms with Crippen LogP contribution in [-0.2, 0) is 0 Å². The molecule has 0 unspecified atom stereocenters. The summed E-state index contributed by atoms with van der Waals surface area (Å²) in [5.74, 6) is -0.194. The Hall–Kier alpha value is -1.26. The van der Waals surface area contributed by atoms with E-state index in [9.17, 15) is 8.78 Å². The molecular formula is C6H7F2N3. The highest BCUT2D eigenvalue weighted by Gasteiger charge is 2.13. The molecule has 0 aliphatic rings. The number of aromatic nitrogens is 2. The van der Waals surface area contributed by atoms with Crippen molar-refractivity contribution >= 4 is 5.82 Å². The van der Waals surface area contributed by atoms with E-state index in [1.54, 1.807) is 6.92 Å². The zero-order chi connectivity index (χ0) is 8.43. The van der Waals surface area contributed by atoms with Gasteiger partial charge in [-0.3, -0.25) is 0 Å². The first-order valence-corrected chi connectivity index (χ1v) is 2.98. The number of hydrogen-bond acceptors (Lipinski definition) is 3. The van der Waals surface area contributed by atoms with Crippen LogP contribution in [0.15, 0.2) is 6.20 Å². The number of halogens is 2. The molecule has 0 atom stereocenters. The van der Waals surface area contributed by atoms with Crippen molar-refractivity contribution in [2.75, 3.05) is 5.73 Å². The van der Waals surface area contributed by atoms with Gasteiger partial charge in [-0.25, -0.2) is 18.7 Å². The quantitative estimate of drug-likeness (QED) is 0.672. The third kappa shape index (κ3) is 1.60. The van der Waals surface area contributed by atoms with Crippen LogP contribution in [0.1, 0.15) is 17.8 Å². The Kier molecular flexibility index (Phi) is 1.98. The summed E-state index contributed by atoms with van der Waals surface area (Å²) in [6.07, 6.45) is -1.39. The predicted octanol–water partition coefficient (Wildman–Crippen LogP) is 1.30. The van der Waals surface area contributed by atoms with E-state index in [4.69, 9.17) is 5.73 Å². The van der Waals surface area contributed by atoms with Crippen molar-refractivity contribution in [3.8, 4) is 0 Å². The minimum atomic E-state index is -2.65. The molecule has 1 rings (SSSR count). The van der Waals surface area contributed by atoms with Gasteiger partial charge in [0.05, 0.1) is 5.69 Å². The fourth-order valence-electron chi connectivity index (χ4n) is 0.673. The zero-order valence-corrected chi connectivity index (χ0v) is 5.88. The molecule has 0 fully saturated rings. The summed E-state index contributed by atoms with van der Waals surface area (Å²) in [7, 11) is 0. The van der Waals surface area contributed by atoms with Crippen molar-refractivity contribution in [3.63, 3.8) is 0 Å². The summed E-state index contributed by atoms with van der Waals surface area (Å²) in [6, 6.07) is 0. The number of nitrogens with two attached hydrogens (primary N) is 1. The standard InChI is InChI=1S/C6H7F2N3/c1-3-2-10-4(5(7)8)6(9)11-3/h2,5H,1H3,(H2,9,11). The molecule has 0 aromatic carbocycles. The SMILES string of the molecule is Cc1cnc(C(F)F)c(N)n1. The number of aryl methyl sites for hydroxylation is 1. The lowest BCUT2D eigenvalue weighted by Crippen LogP contribution is -2.02. The van der Waals surface area contributed by atoms with E-state index >= 15 is 0 Å². The number of nitrogens with zero attached hydrogens (tertiary/aromatic N) is 2. The first-order valence-electron chi connectivity index (χ1n) is 2.98. The molecule has 0 amide bonds. The Balaban J connectivity index is 3.09.